The second-order valence-corrected chi connectivity index (χ2v) is 16.4. The average molecular weight is 691 g/mol. The molecule has 0 atom stereocenters. The van der Waals surface area contributed by atoms with Gasteiger partial charge in [0.1, 0.15) is 34.3 Å². The molecule has 8 aromatic carbocycles. The van der Waals surface area contributed by atoms with Crippen molar-refractivity contribution in [3.63, 3.8) is 0 Å². The smallest absolute Gasteiger partial charge is 0.269 e. The van der Waals surface area contributed by atoms with Gasteiger partial charge in [0.2, 0.25) is 0 Å². The Bertz CT molecular complexity index is 2630. The lowest BCUT2D eigenvalue weighted by Gasteiger charge is -2.28. The number of nitro groups is 1. The van der Waals surface area contributed by atoms with Gasteiger partial charge in [0.15, 0.2) is 0 Å². The summed E-state index contributed by atoms with van der Waals surface area (Å²) in [7, 11) is -2.36. The average Bonchev–Trinajstić information content (AvgIpc) is 3.59. The number of nitro benzene ring substituents is 1. The molecule has 0 aliphatic carbocycles. The van der Waals surface area contributed by atoms with Crippen LogP contribution in [0.1, 0.15) is 5.56 Å². The van der Waals surface area contributed by atoms with E-state index in [-0.39, 0.29) is 10.6 Å². The van der Waals surface area contributed by atoms with Crippen LogP contribution in [0.3, 0.4) is 0 Å². The third-order valence-corrected chi connectivity index (χ3v) is 14.3. The van der Waals surface area contributed by atoms with E-state index in [0.717, 1.165) is 49.5 Å². The van der Waals surface area contributed by atoms with E-state index in [2.05, 4.69) is 168 Å². The molecule has 0 saturated heterocycles. The van der Waals surface area contributed by atoms with E-state index in [1.165, 1.54) is 21.2 Å². The Hall–Kier alpha value is -6.42. The van der Waals surface area contributed by atoms with Crippen LogP contribution in [-0.4, -0.2) is 14.5 Å². The van der Waals surface area contributed by atoms with Crippen LogP contribution in [-0.2, 0) is 6.54 Å². The van der Waals surface area contributed by atoms with Crippen LogP contribution in [0.5, 0.6) is 0 Å². The molecule has 0 spiro atoms. The number of imidazole rings is 1. The molecule has 1 heterocycles. The predicted octanol–water partition coefficient (Wildman–Crippen LogP) is 9.59. The van der Waals surface area contributed by atoms with Gasteiger partial charge in [-0.05, 0) is 64.9 Å². The van der Waals surface area contributed by atoms with Crippen molar-refractivity contribution in [3.05, 3.63) is 204 Å². The summed E-state index contributed by atoms with van der Waals surface area (Å²) < 4.78 is 2.30. The predicted molar refractivity (Wildman–Crippen MR) is 217 cm³/mol. The molecule has 5 nitrogen and oxygen atoms in total. The van der Waals surface area contributed by atoms with Gasteiger partial charge in [-0.2, -0.15) is 0 Å². The summed E-state index contributed by atoms with van der Waals surface area (Å²) in [5.41, 5.74) is 4.02. The maximum atomic E-state index is 11.5. The summed E-state index contributed by atoms with van der Waals surface area (Å²) in [4.78, 5) is 16.7. The normalized spacial score (nSPS) is 11.7. The quantitative estimate of drug-likeness (QED) is 0.0691. The maximum Gasteiger partial charge on any atom is 0.269 e. The Labute approximate surface area is 302 Å². The molecule has 6 heteroatoms. The molecular formula is C46H33N3O2P+. The van der Waals surface area contributed by atoms with Gasteiger partial charge < -0.3 is 4.57 Å². The highest BCUT2D eigenvalue weighted by Crippen LogP contribution is 2.54. The van der Waals surface area contributed by atoms with Crippen LogP contribution in [0.4, 0.5) is 5.69 Å². The molecule has 9 rings (SSSR count). The van der Waals surface area contributed by atoms with Crippen LogP contribution in [0.2, 0.25) is 0 Å². The summed E-state index contributed by atoms with van der Waals surface area (Å²) in [6, 6.07) is 65.5. The van der Waals surface area contributed by atoms with E-state index in [1.54, 1.807) is 12.1 Å². The second-order valence-electron chi connectivity index (χ2n) is 13.0. The maximum absolute atomic E-state index is 11.5. The van der Waals surface area contributed by atoms with Gasteiger partial charge >= 0.3 is 0 Å². The zero-order valence-corrected chi connectivity index (χ0v) is 29.1. The molecule has 0 saturated carbocycles. The summed E-state index contributed by atoms with van der Waals surface area (Å²) in [6.07, 6.45) is 0. The van der Waals surface area contributed by atoms with Crippen LogP contribution in [0.25, 0.3) is 44.0 Å². The van der Waals surface area contributed by atoms with Crippen molar-refractivity contribution in [1.82, 2.24) is 9.55 Å². The lowest BCUT2D eigenvalue weighted by molar-refractivity contribution is -0.384. The fraction of sp³-hybridized carbons (Fsp3) is 0.0217. The van der Waals surface area contributed by atoms with Crippen molar-refractivity contribution in [2.45, 2.75) is 6.54 Å². The topological polar surface area (TPSA) is 61.0 Å². The highest BCUT2D eigenvalue weighted by molar-refractivity contribution is 8.01. The Balaban J connectivity index is 1.35. The molecule has 0 aliphatic heterocycles. The van der Waals surface area contributed by atoms with Crippen molar-refractivity contribution in [3.8, 4) is 11.4 Å². The molecular weight excluding hydrogens is 657 g/mol. The highest BCUT2D eigenvalue weighted by atomic mass is 31.2. The molecule has 0 fully saturated rings. The lowest BCUT2D eigenvalue weighted by atomic mass is 10.00. The fourth-order valence-corrected chi connectivity index (χ4v) is 12.0. The van der Waals surface area contributed by atoms with Gasteiger partial charge in [-0.25, -0.2) is 4.98 Å². The number of fused-ring (bicyclic) bond motifs is 6. The summed E-state index contributed by atoms with van der Waals surface area (Å²) >= 11 is 0. The van der Waals surface area contributed by atoms with E-state index in [0.29, 0.717) is 6.54 Å². The van der Waals surface area contributed by atoms with E-state index >= 15 is 0 Å². The van der Waals surface area contributed by atoms with Crippen molar-refractivity contribution in [1.29, 1.82) is 0 Å². The molecule has 0 radical (unpaired) electrons. The van der Waals surface area contributed by atoms with Crippen LogP contribution in [0, 0.1) is 10.1 Å². The zero-order valence-electron chi connectivity index (χ0n) is 28.2. The minimum Gasteiger partial charge on any atom is -0.319 e. The first-order valence-corrected chi connectivity index (χ1v) is 19.1. The summed E-state index contributed by atoms with van der Waals surface area (Å²) in [5.74, 6) is 0.851. The van der Waals surface area contributed by atoms with E-state index < -0.39 is 7.26 Å². The third kappa shape index (κ3) is 5.17. The Morgan fingerprint density at radius 1 is 0.519 bits per heavy atom. The van der Waals surface area contributed by atoms with E-state index in [4.69, 9.17) is 4.98 Å². The Morgan fingerprint density at radius 3 is 1.56 bits per heavy atom. The minimum absolute atomic E-state index is 0.0756. The monoisotopic (exact) mass is 690 g/mol. The summed E-state index contributed by atoms with van der Waals surface area (Å²) in [6.45, 7) is 0.493. The first kappa shape index (κ1) is 31.6. The van der Waals surface area contributed by atoms with E-state index in [1.807, 2.05) is 12.1 Å². The Morgan fingerprint density at radius 2 is 1.00 bits per heavy atom. The third-order valence-electron chi connectivity index (χ3n) is 10.0. The molecule has 0 amide bonds. The van der Waals surface area contributed by atoms with Gasteiger partial charge in [0, 0.05) is 35.0 Å². The fourth-order valence-electron chi connectivity index (χ4n) is 7.75. The lowest BCUT2D eigenvalue weighted by Crippen LogP contribution is -2.38. The van der Waals surface area contributed by atoms with Crippen molar-refractivity contribution in [2.75, 3.05) is 0 Å². The minimum atomic E-state index is -2.36. The zero-order chi connectivity index (χ0) is 35.1. The Kier molecular flexibility index (Phi) is 7.91. The van der Waals surface area contributed by atoms with Gasteiger partial charge in [0.05, 0.1) is 16.0 Å². The van der Waals surface area contributed by atoms with Crippen molar-refractivity contribution < 1.29 is 4.92 Å². The van der Waals surface area contributed by atoms with Crippen LogP contribution < -0.4 is 21.2 Å². The van der Waals surface area contributed by atoms with Gasteiger partial charge in [-0.15, -0.1) is 0 Å². The van der Waals surface area contributed by atoms with Gasteiger partial charge in [-0.1, -0.05) is 127 Å². The SMILES string of the molecule is O=[N+]([O-])c1ccc(Cn2c(-c3cccc([P+](c4ccccc4)(c4ccccc4)c4ccccc4)c3)nc3c4ccccc4c4ccccc4c32)cc1. The molecule has 0 N–H and O–H groups in total. The number of hydrogen-bond acceptors (Lipinski definition) is 3. The molecule has 248 valence electrons. The number of aromatic nitrogens is 2. The van der Waals surface area contributed by atoms with Gasteiger partial charge in [0.25, 0.3) is 5.69 Å². The first-order valence-electron chi connectivity index (χ1n) is 17.3. The number of nitrogens with zero attached hydrogens (tertiary/aromatic N) is 3. The van der Waals surface area contributed by atoms with Crippen LogP contribution >= 0.6 is 7.26 Å². The molecule has 1 aromatic heterocycles. The standard InChI is InChI=1S/C46H33N3O2P/c50-49(51)35-29-27-33(28-30-35)32-48-45-43-26-13-11-24-41(43)40-23-10-12-25-42(40)44(45)47-46(48)34-15-14-22-39(31-34)52(36-16-4-1-5-17-36,37-18-6-2-7-19-37)38-20-8-3-9-21-38/h1-31H,32H2/q+1. The highest BCUT2D eigenvalue weighted by Gasteiger charge is 2.48. The largest absolute Gasteiger partial charge is 0.319 e. The number of non-ortho nitro benzene ring substituents is 1. The molecule has 9 aromatic rings. The molecule has 52 heavy (non-hydrogen) atoms. The van der Waals surface area contributed by atoms with Crippen molar-refractivity contribution in [2.24, 2.45) is 0 Å². The van der Waals surface area contributed by atoms with E-state index in [9.17, 15) is 10.1 Å². The summed E-state index contributed by atoms with van der Waals surface area (Å²) in [5, 5.41) is 21.1. The number of benzene rings is 8. The van der Waals surface area contributed by atoms with Crippen molar-refractivity contribution >= 4 is 66.7 Å². The van der Waals surface area contributed by atoms with Gasteiger partial charge in [-0.3, -0.25) is 10.1 Å². The van der Waals surface area contributed by atoms with Crippen LogP contribution in [0.15, 0.2) is 188 Å². The molecule has 0 unspecified atom stereocenters. The second kappa shape index (κ2) is 13.0. The molecule has 0 aliphatic rings. The number of rotatable bonds is 8. The molecule has 0 bridgehead atoms. The number of hydrogen-bond donors (Lipinski definition) is 0. The first-order chi connectivity index (χ1) is 25.6.